The Morgan fingerprint density at radius 2 is 1.76 bits per heavy atom. The van der Waals surface area contributed by atoms with E-state index in [2.05, 4.69) is 18.3 Å². The predicted octanol–water partition coefficient (Wildman–Crippen LogP) is 5.48. The predicted molar refractivity (Wildman–Crippen MR) is 80.9 cm³/mol. The Kier molecular flexibility index (Phi) is 4.17. The number of allylic oxidation sites excluding steroid dienone is 1. The molecule has 2 nitrogen and oxygen atoms in total. The molecule has 0 aliphatic heterocycles. The van der Waals surface area contributed by atoms with E-state index in [0.717, 1.165) is 0 Å². The molecule has 2 aromatic rings. The van der Waals surface area contributed by atoms with E-state index >= 15 is 0 Å². The van der Waals surface area contributed by atoms with Crippen LogP contribution in [0.25, 0.3) is 0 Å². The molecule has 0 saturated carbocycles. The lowest BCUT2D eigenvalue weighted by Gasteiger charge is -2.17. The van der Waals surface area contributed by atoms with E-state index in [9.17, 15) is 8.78 Å². The van der Waals surface area contributed by atoms with Gasteiger partial charge in [0, 0.05) is 5.56 Å². The molecule has 0 saturated heterocycles. The van der Waals surface area contributed by atoms with Crippen molar-refractivity contribution < 1.29 is 13.5 Å². The van der Waals surface area contributed by atoms with Gasteiger partial charge >= 0.3 is 0 Å². The average Bonchev–Trinajstić information content (AvgIpc) is 2.48. The van der Waals surface area contributed by atoms with Crippen LogP contribution in [0.15, 0.2) is 65.7 Å². The van der Waals surface area contributed by atoms with Gasteiger partial charge in [0.1, 0.15) is 11.5 Å². The molecule has 0 aliphatic rings. The van der Waals surface area contributed by atoms with Crippen LogP contribution in [0, 0.1) is 0 Å². The number of hydrogen-bond acceptors (Lipinski definition) is 2. The molecular weight excluding hydrogens is 272 g/mol. The number of ether oxygens (including phenoxy) is 1. The van der Waals surface area contributed by atoms with E-state index in [1.165, 1.54) is 25.1 Å². The molecule has 2 rings (SSSR count). The first-order valence-electron chi connectivity index (χ1n) is 6.32. The van der Waals surface area contributed by atoms with Crippen LogP contribution in [0.3, 0.4) is 0 Å². The van der Waals surface area contributed by atoms with Gasteiger partial charge in [0.05, 0.1) is 5.69 Å². The van der Waals surface area contributed by atoms with Crippen molar-refractivity contribution in [3.8, 4) is 11.5 Å². The van der Waals surface area contributed by atoms with Gasteiger partial charge < -0.3 is 4.74 Å². The van der Waals surface area contributed by atoms with Crippen LogP contribution in [0.2, 0.25) is 0 Å². The van der Waals surface area contributed by atoms with Crippen molar-refractivity contribution in [2.45, 2.75) is 12.8 Å². The number of benzene rings is 2. The lowest BCUT2D eigenvalue weighted by atomic mass is 10.0. The van der Waals surface area contributed by atoms with Crippen LogP contribution >= 0.6 is 0 Å². The number of rotatable bonds is 5. The van der Waals surface area contributed by atoms with Gasteiger partial charge in [0.15, 0.2) is 0 Å². The summed E-state index contributed by atoms with van der Waals surface area (Å²) in [6, 6.07) is 12.7. The summed E-state index contributed by atoms with van der Waals surface area (Å²) in [5, 5.41) is 0. The van der Waals surface area contributed by atoms with Gasteiger partial charge in [-0.25, -0.2) is 0 Å². The van der Waals surface area contributed by atoms with E-state index in [4.69, 9.17) is 4.74 Å². The number of hydrogen-bond donors (Lipinski definition) is 0. The first kappa shape index (κ1) is 14.9. The molecule has 0 aliphatic carbocycles. The third-order valence-corrected chi connectivity index (χ3v) is 2.99. The highest BCUT2D eigenvalue weighted by atomic mass is 19.3. The van der Waals surface area contributed by atoms with Crippen LogP contribution in [0.5, 0.6) is 11.5 Å². The Bertz CT molecular complexity index is 663. The van der Waals surface area contributed by atoms with Crippen molar-refractivity contribution in [1.82, 2.24) is 0 Å². The summed E-state index contributed by atoms with van der Waals surface area (Å²) >= 11 is 0. The largest absolute Gasteiger partial charge is 0.457 e. The van der Waals surface area contributed by atoms with E-state index in [1.807, 2.05) is 0 Å². The summed E-state index contributed by atoms with van der Waals surface area (Å²) in [5.41, 5.74) is 0.364. The van der Waals surface area contributed by atoms with Gasteiger partial charge in [0.25, 0.3) is 5.92 Å². The second kappa shape index (κ2) is 5.87. The average molecular weight is 287 g/mol. The maximum atomic E-state index is 13.9. The van der Waals surface area contributed by atoms with E-state index < -0.39 is 5.92 Å². The van der Waals surface area contributed by atoms with E-state index in [0.29, 0.717) is 17.2 Å². The van der Waals surface area contributed by atoms with Crippen molar-refractivity contribution in [2.24, 2.45) is 4.99 Å². The highest BCUT2D eigenvalue weighted by Gasteiger charge is 2.32. The first-order chi connectivity index (χ1) is 9.93. The smallest absolute Gasteiger partial charge is 0.294 e. The van der Waals surface area contributed by atoms with Crippen LogP contribution in [0.4, 0.5) is 14.5 Å². The fraction of sp³-hybridized carbons (Fsp3) is 0.118. The van der Waals surface area contributed by atoms with Crippen molar-refractivity contribution in [3.05, 3.63) is 66.2 Å². The molecular formula is C17H15F2NO. The fourth-order valence-electron chi connectivity index (χ4n) is 1.76. The van der Waals surface area contributed by atoms with Crippen molar-refractivity contribution in [1.29, 1.82) is 0 Å². The molecule has 0 spiro atoms. The Morgan fingerprint density at radius 3 is 2.33 bits per heavy atom. The van der Waals surface area contributed by atoms with Crippen LogP contribution in [-0.4, -0.2) is 6.72 Å². The molecule has 0 aromatic heterocycles. The summed E-state index contributed by atoms with van der Waals surface area (Å²) in [4.78, 5) is 3.77. The van der Waals surface area contributed by atoms with Gasteiger partial charge in [-0.3, -0.25) is 4.99 Å². The first-order valence-corrected chi connectivity index (χ1v) is 6.32. The topological polar surface area (TPSA) is 21.6 Å². The SMILES string of the molecule is C=Nc1ccc(Oc2cccc(C(F)(F)C(=C)C)c2)cc1. The molecule has 0 fully saturated rings. The molecule has 0 bridgehead atoms. The van der Waals surface area contributed by atoms with Gasteiger partial charge in [-0.15, -0.1) is 0 Å². The minimum atomic E-state index is -3.07. The zero-order valence-electron chi connectivity index (χ0n) is 11.6. The number of nitrogens with zero attached hydrogens (tertiary/aromatic N) is 1. The number of alkyl halides is 2. The Balaban J connectivity index is 2.25. The molecule has 2 aromatic carbocycles. The molecule has 0 N–H and O–H groups in total. The van der Waals surface area contributed by atoms with E-state index in [1.54, 1.807) is 30.3 Å². The molecule has 4 heteroatoms. The van der Waals surface area contributed by atoms with Crippen molar-refractivity contribution >= 4 is 12.4 Å². The molecule has 0 atom stereocenters. The van der Waals surface area contributed by atoms with Gasteiger partial charge in [-0.2, -0.15) is 8.78 Å². The summed E-state index contributed by atoms with van der Waals surface area (Å²) < 4.78 is 33.4. The number of aliphatic imine (C=N–C) groups is 1. The fourth-order valence-corrected chi connectivity index (χ4v) is 1.76. The lowest BCUT2D eigenvalue weighted by molar-refractivity contribution is 0.0384. The van der Waals surface area contributed by atoms with Gasteiger partial charge in [-0.05, 0) is 55.6 Å². The second-order valence-corrected chi connectivity index (χ2v) is 4.64. The zero-order valence-corrected chi connectivity index (χ0v) is 11.6. The van der Waals surface area contributed by atoms with Gasteiger partial charge in [0.2, 0.25) is 0 Å². The molecule has 0 unspecified atom stereocenters. The summed E-state index contributed by atoms with van der Waals surface area (Å²) in [6.45, 7) is 8.05. The Hall–Kier alpha value is -2.49. The lowest BCUT2D eigenvalue weighted by Crippen LogP contribution is -2.14. The monoisotopic (exact) mass is 287 g/mol. The Labute approximate surface area is 122 Å². The highest BCUT2D eigenvalue weighted by molar-refractivity contribution is 5.48. The molecule has 0 radical (unpaired) electrons. The molecule has 108 valence electrons. The maximum Gasteiger partial charge on any atom is 0.294 e. The van der Waals surface area contributed by atoms with Crippen molar-refractivity contribution in [2.75, 3.05) is 0 Å². The summed E-state index contributed by atoms with van der Waals surface area (Å²) in [5.74, 6) is -2.19. The minimum absolute atomic E-state index is 0.142. The second-order valence-electron chi connectivity index (χ2n) is 4.64. The van der Waals surface area contributed by atoms with Crippen LogP contribution in [-0.2, 0) is 5.92 Å². The molecule has 21 heavy (non-hydrogen) atoms. The molecule has 0 amide bonds. The highest BCUT2D eigenvalue weighted by Crippen LogP contribution is 2.36. The third kappa shape index (κ3) is 3.34. The van der Waals surface area contributed by atoms with Crippen LogP contribution < -0.4 is 4.74 Å². The summed E-state index contributed by atoms with van der Waals surface area (Å²) in [6.07, 6.45) is 0. The van der Waals surface area contributed by atoms with Crippen molar-refractivity contribution in [3.63, 3.8) is 0 Å². The standard InChI is InChI=1S/C17H15F2NO/c1-12(2)17(18,19)13-5-4-6-16(11-13)21-15-9-7-14(20-3)8-10-15/h4-11H,1,3H2,2H3. The third-order valence-electron chi connectivity index (χ3n) is 2.99. The zero-order chi connectivity index (χ0) is 15.5. The van der Waals surface area contributed by atoms with Crippen LogP contribution in [0.1, 0.15) is 12.5 Å². The maximum absolute atomic E-state index is 13.9. The number of halogens is 2. The van der Waals surface area contributed by atoms with E-state index in [-0.39, 0.29) is 11.1 Å². The minimum Gasteiger partial charge on any atom is -0.457 e. The van der Waals surface area contributed by atoms with Gasteiger partial charge in [-0.1, -0.05) is 18.7 Å². The normalized spacial score (nSPS) is 11.0. The quantitative estimate of drug-likeness (QED) is 0.527. The summed E-state index contributed by atoms with van der Waals surface area (Å²) in [7, 11) is 0. The Morgan fingerprint density at radius 1 is 1.10 bits per heavy atom. The molecule has 0 heterocycles.